The predicted molar refractivity (Wildman–Crippen MR) is 62.1 cm³/mol. The zero-order valence-electron chi connectivity index (χ0n) is 9.02. The SMILES string of the molecule is CC(C)=Cc1[nH]nc2c([N+](=O)[O-])cccc12. The Kier molecular flexibility index (Phi) is 2.44. The number of para-hydroxylation sites is 1. The maximum absolute atomic E-state index is 10.8. The number of nitro groups is 1. The van der Waals surface area contributed by atoms with Gasteiger partial charge in [0.2, 0.25) is 0 Å². The van der Waals surface area contributed by atoms with Gasteiger partial charge in [0, 0.05) is 11.5 Å². The van der Waals surface area contributed by atoms with E-state index in [0.29, 0.717) is 5.52 Å². The van der Waals surface area contributed by atoms with Crippen molar-refractivity contribution < 1.29 is 4.92 Å². The molecule has 1 N–H and O–H groups in total. The number of hydrogen-bond acceptors (Lipinski definition) is 3. The molecule has 0 amide bonds. The fraction of sp³-hybridized carbons (Fsp3) is 0.182. The van der Waals surface area contributed by atoms with Crippen LogP contribution in [0.2, 0.25) is 0 Å². The third-order valence-corrected chi connectivity index (χ3v) is 2.22. The van der Waals surface area contributed by atoms with Crippen molar-refractivity contribution in [2.45, 2.75) is 13.8 Å². The number of non-ortho nitro benzene ring substituents is 1. The number of benzene rings is 1. The number of nitro benzene ring substituents is 1. The first-order chi connectivity index (χ1) is 7.59. The first kappa shape index (κ1) is 10.4. The van der Waals surface area contributed by atoms with Gasteiger partial charge in [0.1, 0.15) is 0 Å². The Bertz CT molecular complexity index is 580. The zero-order valence-corrected chi connectivity index (χ0v) is 9.02. The summed E-state index contributed by atoms with van der Waals surface area (Å²) in [6.45, 7) is 3.92. The van der Waals surface area contributed by atoms with E-state index in [2.05, 4.69) is 10.2 Å². The van der Waals surface area contributed by atoms with Crippen molar-refractivity contribution in [3.05, 3.63) is 39.6 Å². The Balaban J connectivity index is 2.71. The largest absolute Gasteiger partial charge is 0.297 e. The lowest BCUT2D eigenvalue weighted by Gasteiger charge is -1.93. The molecule has 0 aliphatic carbocycles. The number of nitrogens with one attached hydrogen (secondary N) is 1. The number of aromatic amines is 1. The molecule has 1 aromatic heterocycles. The molecule has 2 rings (SSSR count). The summed E-state index contributed by atoms with van der Waals surface area (Å²) in [5.74, 6) is 0. The van der Waals surface area contributed by atoms with Crippen LogP contribution in [-0.4, -0.2) is 15.1 Å². The van der Waals surface area contributed by atoms with Crippen molar-refractivity contribution in [1.82, 2.24) is 10.2 Å². The fourth-order valence-corrected chi connectivity index (χ4v) is 1.59. The lowest BCUT2D eigenvalue weighted by atomic mass is 10.1. The molecule has 0 atom stereocenters. The summed E-state index contributed by atoms with van der Waals surface area (Å²) < 4.78 is 0. The molecule has 0 spiro atoms. The minimum atomic E-state index is -0.421. The molecule has 16 heavy (non-hydrogen) atoms. The van der Waals surface area contributed by atoms with Crippen molar-refractivity contribution in [2.24, 2.45) is 0 Å². The minimum absolute atomic E-state index is 0.0298. The Morgan fingerprint density at radius 3 is 2.88 bits per heavy atom. The molecular formula is C11H11N3O2. The number of rotatable bonds is 2. The van der Waals surface area contributed by atoms with Gasteiger partial charge < -0.3 is 0 Å². The van der Waals surface area contributed by atoms with E-state index in [0.717, 1.165) is 16.7 Å². The third kappa shape index (κ3) is 1.67. The first-order valence-electron chi connectivity index (χ1n) is 4.86. The Labute approximate surface area is 91.9 Å². The fourth-order valence-electron chi connectivity index (χ4n) is 1.59. The molecule has 82 valence electrons. The van der Waals surface area contributed by atoms with Gasteiger partial charge in [-0.15, -0.1) is 0 Å². The Hall–Kier alpha value is -2.17. The van der Waals surface area contributed by atoms with E-state index in [1.807, 2.05) is 26.0 Å². The van der Waals surface area contributed by atoms with Gasteiger partial charge in [-0.25, -0.2) is 0 Å². The second kappa shape index (κ2) is 3.77. The molecule has 0 aliphatic rings. The minimum Gasteiger partial charge on any atom is -0.277 e. The molecule has 0 fully saturated rings. The van der Waals surface area contributed by atoms with E-state index < -0.39 is 4.92 Å². The van der Waals surface area contributed by atoms with Gasteiger partial charge in [-0.2, -0.15) is 5.10 Å². The molecule has 1 heterocycles. The molecule has 2 aromatic rings. The Morgan fingerprint density at radius 1 is 1.50 bits per heavy atom. The van der Waals surface area contributed by atoms with Gasteiger partial charge in [-0.1, -0.05) is 17.7 Å². The van der Waals surface area contributed by atoms with Crippen molar-refractivity contribution >= 4 is 22.7 Å². The average molecular weight is 217 g/mol. The number of hydrogen-bond donors (Lipinski definition) is 1. The number of fused-ring (bicyclic) bond motifs is 1. The quantitative estimate of drug-likeness (QED) is 0.621. The van der Waals surface area contributed by atoms with Gasteiger partial charge in [-0.3, -0.25) is 15.2 Å². The lowest BCUT2D eigenvalue weighted by molar-refractivity contribution is -0.383. The van der Waals surface area contributed by atoms with Gasteiger partial charge in [0.15, 0.2) is 5.52 Å². The molecule has 5 heteroatoms. The summed E-state index contributed by atoms with van der Waals surface area (Å²) in [4.78, 5) is 10.4. The van der Waals surface area contributed by atoms with Crippen molar-refractivity contribution in [3.8, 4) is 0 Å². The van der Waals surface area contributed by atoms with Crippen LogP contribution in [0.1, 0.15) is 19.5 Å². The van der Waals surface area contributed by atoms with E-state index >= 15 is 0 Å². The maximum atomic E-state index is 10.8. The second-order valence-electron chi connectivity index (χ2n) is 3.79. The zero-order chi connectivity index (χ0) is 11.7. The highest BCUT2D eigenvalue weighted by Crippen LogP contribution is 2.26. The average Bonchev–Trinajstić information content (AvgIpc) is 2.60. The summed E-state index contributed by atoms with van der Waals surface area (Å²) >= 11 is 0. The first-order valence-corrected chi connectivity index (χ1v) is 4.86. The van der Waals surface area contributed by atoms with Crippen LogP contribution in [0, 0.1) is 10.1 Å². The number of allylic oxidation sites excluding steroid dienone is 1. The van der Waals surface area contributed by atoms with Gasteiger partial charge in [0.25, 0.3) is 5.69 Å². The van der Waals surface area contributed by atoms with Crippen LogP contribution in [0.4, 0.5) is 5.69 Å². The van der Waals surface area contributed by atoms with Crippen LogP contribution < -0.4 is 0 Å². The topological polar surface area (TPSA) is 71.8 Å². The molecule has 0 bridgehead atoms. The smallest absolute Gasteiger partial charge is 0.277 e. The lowest BCUT2D eigenvalue weighted by Crippen LogP contribution is -1.88. The van der Waals surface area contributed by atoms with E-state index in [9.17, 15) is 10.1 Å². The molecule has 1 aromatic carbocycles. The van der Waals surface area contributed by atoms with Gasteiger partial charge in [0.05, 0.1) is 10.6 Å². The summed E-state index contributed by atoms with van der Waals surface area (Å²) in [7, 11) is 0. The normalized spacial score (nSPS) is 10.4. The summed E-state index contributed by atoms with van der Waals surface area (Å²) in [5, 5.41) is 18.3. The highest BCUT2D eigenvalue weighted by molar-refractivity contribution is 5.92. The summed E-state index contributed by atoms with van der Waals surface area (Å²) in [6.07, 6.45) is 1.92. The van der Waals surface area contributed by atoms with Gasteiger partial charge >= 0.3 is 0 Å². The second-order valence-corrected chi connectivity index (χ2v) is 3.79. The molecule has 0 unspecified atom stereocenters. The highest BCUT2D eigenvalue weighted by atomic mass is 16.6. The van der Waals surface area contributed by atoms with E-state index in [-0.39, 0.29) is 5.69 Å². The standard InChI is InChI=1S/C11H11N3O2/c1-7(2)6-9-8-4-3-5-10(14(15)16)11(8)13-12-9/h3-6H,1-2H3,(H,12,13). The Morgan fingerprint density at radius 2 is 2.25 bits per heavy atom. The van der Waals surface area contributed by atoms with Crippen LogP contribution in [0.25, 0.3) is 17.0 Å². The van der Waals surface area contributed by atoms with Crippen molar-refractivity contribution in [1.29, 1.82) is 0 Å². The molecule has 5 nitrogen and oxygen atoms in total. The van der Waals surface area contributed by atoms with E-state index in [1.54, 1.807) is 6.07 Å². The van der Waals surface area contributed by atoms with Crippen LogP contribution in [0.3, 0.4) is 0 Å². The summed E-state index contributed by atoms with van der Waals surface area (Å²) in [6, 6.07) is 4.94. The van der Waals surface area contributed by atoms with E-state index in [4.69, 9.17) is 0 Å². The molecule has 0 saturated carbocycles. The third-order valence-electron chi connectivity index (χ3n) is 2.22. The molecule has 0 saturated heterocycles. The predicted octanol–water partition coefficient (Wildman–Crippen LogP) is 2.89. The highest BCUT2D eigenvalue weighted by Gasteiger charge is 2.15. The van der Waals surface area contributed by atoms with Crippen molar-refractivity contribution in [3.63, 3.8) is 0 Å². The van der Waals surface area contributed by atoms with Gasteiger partial charge in [-0.05, 0) is 19.9 Å². The van der Waals surface area contributed by atoms with Crippen LogP contribution in [0.15, 0.2) is 23.8 Å². The van der Waals surface area contributed by atoms with Crippen LogP contribution in [-0.2, 0) is 0 Å². The van der Waals surface area contributed by atoms with Crippen molar-refractivity contribution in [2.75, 3.05) is 0 Å². The molecular weight excluding hydrogens is 206 g/mol. The summed E-state index contributed by atoms with van der Waals surface area (Å²) in [5.41, 5.74) is 2.35. The number of H-pyrrole nitrogens is 1. The number of aromatic nitrogens is 2. The monoisotopic (exact) mass is 217 g/mol. The van der Waals surface area contributed by atoms with E-state index in [1.165, 1.54) is 6.07 Å². The molecule has 0 aliphatic heterocycles. The van der Waals surface area contributed by atoms with Crippen LogP contribution in [0.5, 0.6) is 0 Å². The maximum Gasteiger partial charge on any atom is 0.297 e. The molecule has 0 radical (unpaired) electrons. The number of nitrogens with zero attached hydrogens (tertiary/aromatic N) is 2. The van der Waals surface area contributed by atoms with Crippen LogP contribution >= 0.6 is 0 Å².